The molecular formula is C16H30N2O2. The summed E-state index contributed by atoms with van der Waals surface area (Å²) in [6.45, 7) is 7.70. The van der Waals surface area contributed by atoms with Crippen LogP contribution in [-0.2, 0) is 9.53 Å². The number of rotatable bonds is 7. The molecule has 2 fully saturated rings. The second kappa shape index (κ2) is 7.99. The zero-order valence-electron chi connectivity index (χ0n) is 13.1. The Morgan fingerprint density at radius 1 is 1.25 bits per heavy atom. The fourth-order valence-corrected chi connectivity index (χ4v) is 3.05. The molecule has 0 spiro atoms. The first-order chi connectivity index (χ1) is 9.72. The lowest BCUT2D eigenvalue weighted by Crippen LogP contribution is -2.48. The van der Waals surface area contributed by atoms with Gasteiger partial charge >= 0.3 is 5.97 Å². The molecule has 20 heavy (non-hydrogen) atoms. The number of nitrogens with zero attached hydrogens (tertiary/aromatic N) is 1. The fourth-order valence-electron chi connectivity index (χ4n) is 3.05. The smallest absolute Gasteiger partial charge is 0.324 e. The van der Waals surface area contributed by atoms with E-state index in [1.54, 1.807) is 0 Å². The number of carbonyl (C=O) groups is 1. The van der Waals surface area contributed by atoms with Crippen LogP contribution in [0.5, 0.6) is 0 Å². The Kier molecular flexibility index (Phi) is 6.30. The Bertz CT molecular complexity index is 305. The second-order valence-corrected chi connectivity index (χ2v) is 6.25. The van der Waals surface area contributed by atoms with Crippen LogP contribution in [0.15, 0.2) is 0 Å². The van der Waals surface area contributed by atoms with Crippen molar-refractivity contribution in [1.82, 2.24) is 10.2 Å². The van der Waals surface area contributed by atoms with Crippen molar-refractivity contribution in [3.8, 4) is 0 Å². The van der Waals surface area contributed by atoms with E-state index in [1.807, 2.05) is 6.92 Å². The Balaban J connectivity index is 1.83. The minimum absolute atomic E-state index is 0.0734. The van der Waals surface area contributed by atoms with Crippen LogP contribution in [0.25, 0.3) is 0 Å². The largest absolute Gasteiger partial charge is 0.465 e. The first-order valence-electron chi connectivity index (χ1n) is 8.38. The standard InChI is InChI=1S/C16H30N2O2/c1-3-13-6-5-10-18(11-9-13)12-15(16(19)20-4-2)17-14-7-8-14/h13-15,17H,3-12H2,1-2H3. The van der Waals surface area contributed by atoms with Crippen molar-refractivity contribution in [2.75, 3.05) is 26.2 Å². The molecule has 0 bridgehead atoms. The van der Waals surface area contributed by atoms with Crippen molar-refractivity contribution in [3.05, 3.63) is 0 Å². The molecule has 2 unspecified atom stereocenters. The zero-order valence-corrected chi connectivity index (χ0v) is 13.1. The average molecular weight is 282 g/mol. The summed E-state index contributed by atoms with van der Waals surface area (Å²) in [5.74, 6) is 0.799. The summed E-state index contributed by atoms with van der Waals surface area (Å²) in [4.78, 5) is 14.5. The van der Waals surface area contributed by atoms with Crippen LogP contribution in [0.3, 0.4) is 0 Å². The van der Waals surface area contributed by atoms with Crippen molar-refractivity contribution in [1.29, 1.82) is 0 Å². The van der Waals surface area contributed by atoms with Crippen LogP contribution in [0.2, 0.25) is 0 Å². The molecule has 0 radical (unpaired) electrons. The molecule has 1 aliphatic carbocycles. The molecular weight excluding hydrogens is 252 g/mol. The van der Waals surface area contributed by atoms with E-state index in [0.29, 0.717) is 12.6 Å². The normalized spacial score (nSPS) is 26.0. The van der Waals surface area contributed by atoms with Gasteiger partial charge in [0.05, 0.1) is 6.61 Å². The van der Waals surface area contributed by atoms with Gasteiger partial charge in [-0.3, -0.25) is 4.79 Å². The SMILES string of the molecule is CCOC(=O)C(CN1CCCC(CC)CC1)NC1CC1. The third-order valence-electron chi connectivity index (χ3n) is 4.54. The van der Waals surface area contributed by atoms with Gasteiger partial charge < -0.3 is 15.0 Å². The van der Waals surface area contributed by atoms with Gasteiger partial charge in [0.2, 0.25) is 0 Å². The monoisotopic (exact) mass is 282 g/mol. The Hall–Kier alpha value is -0.610. The van der Waals surface area contributed by atoms with Crippen molar-refractivity contribution in [3.63, 3.8) is 0 Å². The quantitative estimate of drug-likeness (QED) is 0.727. The first-order valence-corrected chi connectivity index (χ1v) is 8.38. The van der Waals surface area contributed by atoms with Gasteiger partial charge in [-0.2, -0.15) is 0 Å². The molecule has 2 atom stereocenters. The van der Waals surface area contributed by atoms with Crippen LogP contribution < -0.4 is 5.32 Å². The topological polar surface area (TPSA) is 41.6 Å². The number of esters is 1. The molecule has 1 heterocycles. The van der Waals surface area contributed by atoms with Gasteiger partial charge in [-0.05, 0) is 58.0 Å². The molecule has 0 aromatic carbocycles. The third kappa shape index (κ3) is 5.06. The molecule has 2 aliphatic rings. The van der Waals surface area contributed by atoms with Crippen LogP contribution in [0.1, 0.15) is 52.4 Å². The minimum atomic E-state index is -0.138. The summed E-state index contributed by atoms with van der Waals surface area (Å²) in [5.41, 5.74) is 0. The highest BCUT2D eigenvalue weighted by atomic mass is 16.5. The lowest BCUT2D eigenvalue weighted by molar-refractivity contribution is -0.146. The van der Waals surface area contributed by atoms with Crippen LogP contribution in [0.4, 0.5) is 0 Å². The average Bonchev–Trinajstić information content (AvgIpc) is 3.25. The predicted octanol–water partition coefficient (Wildman–Crippen LogP) is 2.18. The molecule has 1 N–H and O–H groups in total. The van der Waals surface area contributed by atoms with E-state index in [-0.39, 0.29) is 12.0 Å². The Labute approximate surface area is 123 Å². The van der Waals surface area contributed by atoms with Gasteiger partial charge in [0.1, 0.15) is 6.04 Å². The van der Waals surface area contributed by atoms with E-state index in [0.717, 1.165) is 25.6 Å². The molecule has 2 rings (SSSR count). The van der Waals surface area contributed by atoms with Crippen molar-refractivity contribution < 1.29 is 9.53 Å². The van der Waals surface area contributed by atoms with E-state index in [1.165, 1.54) is 38.5 Å². The molecule has 0 aromatic heterocycles. The fraction of sp³-hybridized carbons (Fsp3) is 0.938. The van der Waals surface area contributed by atoms with E-state index in [2.05, 4.69) is 17.1 Å². The molecule has 4 nitrogen and oxygen atoms in total. The van der Waals surface area contributed by atoms with Gasteiger partial charge in [0.25, 0.3) is 0 Å². The molecule has 116 valence electrons. The number of hydrogen-bond acceptors (Lipinski definition) is 4. The molecule has 4 heteroatoms. The van der Waals surface area contributed by atoms with E-state index in [4.69, 9.17) is 4.74 Å². The maximum atomic E-state index is 12.1. The number of hydrogen-bond donors (Lipinski definition) is 1. The maximum absolute atomic E-state index is 12.1. The molecule has 1 saturated carbocycles. The van der Waals surface area contributed by atoms with Crippen LogP contribution in [0, 0.1) is 5.92 Å². The second-order valence-electron chi connectivity index (χ2n) is 6.25. The molecule has 1 saturated heterocycles. The van der Waals surface area contributed by atoms with E-state index >= 15 is 0 Å². The molecule has 0 aromatic rings. The van der Waals surface area contributed by atoms with Gasteiger partial charge in [-0.15, -0.1) is 0 Å². The maximum Gasteiger partial charge on any atom is 0.324 e. The summed E-state index contributed by atoms with van der Waals surface area (Å²) >= 11 is 0. The molecule has 1 aliphatic heterocycles. The minimum Gasteiger partial charge on any atom is -0.465 e. The number of nitrogens with one attached hydrogen (secondary N) is 1. The third-order valence-corrected chi connectivity index (χ3v) is 4.54. The Morgan fingerprint density at radius 3 is 2.70 bits per heavy atom. The van der Waals surface area contributed by atoms with Crippen molar-refractivity contribution in [2.24, 2.45) is 5.92 Å². The molecule has 0 amide bonds. The summed E-state index contributed by atoms with van der Waals surface area (Å²) in [6.07, 6.45) is 7.57. The summed E-state index contributed by atoms with van der Waals surface area (Å²) in [6, 6.07) is 0.403. The highest BCUT2D eigenvalue weighted by Gasteiger charge is 2.31. The van der Waals surface area contributed by atoms with Gasteiger partial charge in [0.15, 0.2) is 0 Å². The number of ether oxygens (including phenoxy) is 1. The van der Waals surface area contributed by atoms with E-state index < -0.39 is 0 Å². The highest BCUT2D eigenvalue weighted by Crippen LogP contribution is 2.22. The van der Waals surface area contributed by atoms with Gasteiger partial charge in [0, 0.05) is 12.6 Å². The van der Waals surface area contributed by atoms with Gasteiger partial charge in [-0.1, -0.05) is 13.3 Å². The number of likely N-dealkylation sites (tertiary alicyclic amines) is 1. The zero-order chi connectivity index (χ0) is 14.4. The Morgan fingerprint density at radius 2 is 2.05 bits per heavy atom. The van der Waals surface area contributed by atoms with Crippen LogP contribution >= 0.6 is 0 Å². The lowest BCUT2D eigenvalue weighted by Gasteiger charge is -2.26. The summed E-state index contributed by atoms with van der Waals surface area (Å²) in [5, 5.41) is 3.45. The van der Waals surface area contributed by atoms with Gasteiger partial charge in [-0.25, -0.2) is 0 Å². The van der Waals surface area contributed by atoms with Crippen molar-refractivity contribution in [2.45, 2.75) is 64.5 Å². The first kappa shape index (κ1) is 15.8. The summed E-state index contributed by atoms with van der Waals surface area (Å²) in [7, 11) is 0. The van der Waals surface area contributed by atoms with Crippen LogP contribution in [-0.4, -0.2) is 49.2 Å². The van der Waals surface area contributed by atoms with Crippen molar-refractivity contribution >= 4 is 5.97 Å². The highest BCUT2D eigenvalue weighted by molar-refractivity contribution is 5.76. The van der Waals surface area contributed by atoms with E-state index in [9.17, 15) is 4.79 Å². The number of carbonyl (C=O) groups excluding carboxylic acids is 1. The predicted molar refractivity (Wildman–Crippen MR) is 80.7 cm³/mol. The lowest BCUT2D eigenvalue weighted by atomic mass is 9.98. The summed E-state index contributed by atoms with van der Waals surface area (Å²) < 4.78 is 5.22.